The van der Waals surface area contributed by atoms with E-state index in [9.17, 15) is 5.11 Å². The number of rotatable bonds is 11. The minimum atomic E-state index is 0.239. The van der Waals surface area contributed by atoms with Gasteiger partial charge < -0.3 is 24.8 Å². The van der Waals surface area contributed by atoms with Crippen LogP contribution in [0.1, 0.15) is 38.7 Å². The fourth-order valence-electron chi connectivity index (χ4n) is 3.92. The number of aliphatic hydroxyl groups excluding tert-OH is 1. The van der Waals surface area contributed by atoms with Crippen molar-refractivity contribution in [2.24, 2.45) is 10.9 Å². The Morgan fingerprint density at radius 3 is 2.50 bits per heavy atom. The lowest BCUT2D eigenvalue weighted by Gasteiger charge is -2.37. The van der Waals surface area contributed by atoms with Gasteiger partial charge in [0, 0.05) is 58.0 Å². The smallest absolute Gasteiger partial charge is 0.194 e. The fourth-order valence-corrected chi connectivity index (χ4v) is 3.92. The Balaban J connectivity index is 1.96. The minimum absolute atomic E-state index is 0.239. The number of hydrogen-bond acceptors (Lipinski definition) is 5. The van der Waals surface area contributed by atoms with E-state index in [-0.39, 0.29) is 6.61 Å². The lowest BCUT2D eigenvalue weighted by molar-refractivity contribution is 0.170. The minimum Gasteiger partial charge on any atom is -0.497 e. The summed E-state index contributed by atoms with van der Waals surface area (Å²) in [5, 5.41) is 12.8. The number of nitrogens with one attached hydrogen (secondary N) is 1. The van der Waals surface area contributed by atoms with Crippen molar-refractivity contribution in [3.05, 3.63) is 23.8 Å². The molecule has 2 N–H and O–H groups in total. The molecular weight excluding hydrogens is 380 g/mol. The molecule has 1 aliphatic heterocycles. The number of nitrogens with zero attached hydrogens (tertiary/aromatic N) is 3. The second-order valence-corrected chi connectivity index (χ2v) is 7.80. The second-order valence-electron chi connectivity index (χ2n) is 7.80. The van der Waals surface area contributed by atoms with Crippen LogP contribution in [0.5, 0.6) is 11.5 Å². The summed E-state index contributed by atoms with van der Waals surface area (Å²) in [6.45, 7) is 10.8. The van der Waals surface area contributed by atoms with E-state index in [2.05, 4.69) is 35.0 Å². The molecule has 0 aromatic heterocycles. The maximum atomic E-state index is 9.30. The van der Waals surface area contributed by atoms with Crippen LogP contribution in [0.15, 0.2) is 23.2 Å². The lowest BCUT2D eigenvalue weighted by atomic mass is 10.0. The summed E-state index contributed by atoms with van der Waals surface area (Å²) in [7, 11) is 3.41. The molecule has 30 heavy (non-hydrogen) atoms. The van der Waals surface area contributed by atoms with Crippen LogP contribution in [0.4, 0.5) is 0 Å². The largest absolute Gasteiger partial charge is 0.497 e. The molecule has 1 heterocycles. The summed E-state index contributed by atoms with van der Waals surface area (Å²) in [6, 6.07) is 5.97. The monoisotopic (exact) mass is 420 g/mol. The van der Waals surface area contributed by atoms with Crippen molar-refractivity contribution in [3.63, 3.8) is 0 Å². The van der Waals surface area contributed by atoms with Gasteiger partial charge in [-0.3, -0.25) is 9.89 Å². The summed E-state index contributed by atoms with van der Waals surface area (Å²) in [6.07, 6.45) is 3.07. The van der Waals surface area contributed by atoms with Crippen LogP contribution < -0.4 is 14.8 Å². The first-order valence-electron chi connectivity index (χ1n) is 11.2. The number of aliphatic imine (C=N–C) groups is 1. The van der Waals surface area contributed by atoms with Gasteiger partial charge in [-0.2, -0.15) is 0 Å². The molecule has 2 rings (SSSR count). The van der Waals surface area contributed by atoms with E-state index >= 15 is 0 Å². The molecule has 0 amide bonds. The normalized spacial score (nSPS) is 16.4. The second kappa shape index (κ2) is 13.3. The van der Waals surface area contributed by atoms with Crippen molar-refractivity contribution in [2.45, 2.75) is 39.7 Å². The van der Waals surface area contributed by atoms with Gasteiger partial charge >= 0.3 is 0 Å². The Kier molecular flexibility index (Phi) is 10.8. The molecule has 0 spiro atoms. The first-order chi connectivity index (χ1) is 14.6. The predicted octanol–water partition coefficient (Wildman–Crippen LogP) is 2.59. The topological polar surface area (TPSA) is 69.6 Å². The molecule has 0 radical (unpaired) electrons. The number of hydrogen-bond donors (Lipinski definition) is 2. The molecule has 1 fully saturated rings. The average Bonchev–Trinajstić information content (AvgIpc) is 2.77. The molecule has 7 heteroatoms. The third-order valence-electron chi connectivity index (χ3n) is 5.62. The van der Waals surface area contributed by atoms with Crippen LogP contribution in [-0.4, -0.2) is 81.0 Å². The van der Waals surface area contributed by atoms with Crippen LogP contribution in [0.2, 0.25) is 0 Å². The molecule has 0 saturated carbocycles. The van der Waals surface area contributed by atoms with Crippen molar-refractivity contribution < 1.29 is 14.6 Å². The molecule has 170 valence electrons. The van der Waals surface area contributed by atoms with Gasteiger partial charge in [-0.15, -0.1) is 0 Å². The van der Waals surface area contributed by atoms with Crippen molar-refractivity contribution in [3.8, 4) is 11.5 Å². The van der Waals surface area contributed by atoms with Gasteiger partial charge in [0.15, 0.2) is 5.96 Å². The molecule has 1 unspecified atom stereocenters. The van der Waals surface area contributed by atoms with E-state index in [1.807, 2.05) is 12.1 Å². The summed E-state index contributed by atoms with van der Waals surface area (Å²) in [5.41, 5.74) is 1.15. The Hall–Kier alpha value is -1.99. The van der Waals surface area contributed by atoms with Crippen molar-refractivity contribution in [1.29, 1.82) is 0 Å². The summed E-state index contributed by atoms with van der Waals surface area (Å²) in [4.78, 5) is 9.70. The van der Waals surface area contributed by atoms with Crippen molar-refractivity contribution >= 4 is 5.96 Å². The number of methoxy groups -OCH3 is 2. The van der Waals surface area contributed by atoms with E-state index in [0.29, 0.717) is 5.92 Å². The van der Waals surface area contributed by atoms with Gasteiger partial charge in [0.05, 0.1) is 14.2 Å². The zero-order valence-corrected chi connectivity index (χ0v) is 19.2. The van der Waals surface area contributed by atoms with Crippen LogP contribution in [0, 0.1) is 5.92 Å². The first kappa shape index (κ1) is 24.3. The number of ether oxygens (including phenoxy) is 2. The lowest BCUT2D eigenvalue weighted by Crippen LogP contribution is -2.52. The highest BCUT2D eigenvalue weighted by molar-refractivity contribution is 5.80. The zero-order chi connectivity index (χ0) is 21.8. The van der Waals surface area contributed by atoms with Crippen molar-refractivity contribution in [1.82, 2.24) is 15.1 Å². The molecule has 1 saturated heterocycles. The Labute approximate surface area is 182 Å². The highest BCUT2D eigenvalue weighted by Crippen LogP contribution is 2.25. The fraction of sp³-hybridized carbons (Fsp3) is 0.696. The van der Waals surface area contributed by atoms with Gasteiger partial charge in [0.25, 0.3) is 0 Å². The molecule has 1 atom stereocenters. The van der Waals surface area contributed by atoms with E-state index in [1.165, 1.54) is 0 Å². The highest BCUT2D eigenvalue weighted by atomic mass is 16.5. The molecule has 1 aromatic carbocycles. The van der Waals surface area contributed by atoms with E-state index in [0.717, 1.165) is 88.1 Å². The number of aliphatic hydroxyl groups is 1. The number of benzene rings is 1. The summed E-state index contributed by atoms with van der Waals surface area (Å²) >= 11 is 0. The van der Waals surface area contributed by atoms with Crippen LogP contribution in [-0.2, 0) is 6.54 Å². The molecule has 1 aliphatic rings. The Morgan fingerprint density at radius 1 is 1.13 bits per heavy atom. The average molecular weight is 421 g/mol. The predicted molar refractivity (Wildman–Crippen MR) is 122 cm³/mol. The summed E-state index contributed by atoms with van der Waals surface area (Å²) < 4.78 is 10.9. The standard InChI is InChI=1S/C23H40N4O3/c1-5-7-19(10-15-28)17-25-23(24-6-2)27-13-11-26(12-14-27)18-20-16-21(29-3)8-9-22(20)30-4/h8-9,16,19,28H,5-7,10-15,17-18H2,1-4H3,(H,24,25). The zero-order valence-electron chi connectivity index (χ0n) is 19.2. The first-order valence-corrected chi connectivity index (χ1v) is 11.2. The maximum Gasteiger partial charge on any atom is 0.194 e. The molecular formula is C23H40N4O3. The summed E-state index contributed by atoms with van der Waals surface area (Å²) in [5.74, 6) is 3.21. The molecule has 0 bridgehead atoms. The molecule has 1 aromatic rings. The van der Waals surface area contributed by atoms with E-state index in [4.69, 9.17) is 14.5 Å². The molecule has 7 nitrogen and oxygen atoms in total. The van der Waals surface area contributed by atoms with Gasteiger partial charge in [0.2, 0.25) is 0 Å². The van der Waals surface area contributed by atoms with Crippen LogP contribution >= 0.6 is 0 Å². The quantitative estimate of drug-likeness (QED) is 0.424. The third kappa shape index (κ3) is 7.36. The SMILES string of the molecule is CCCC(CCO)CN=C(NCC)N1CCN(Cc2cc(OC)ccc2OC)CC1. The number of guanidine groups is 1. The van der Waals surface area contributed by atoms with Gasteiger partial charge in [-0.05, 0) is 43.9 Å². The highest BCUT2D eigenvalue weighted by Gasteiger charge is 2.21. The van der Waals surface area contributed by atoms with Crippen LogP contribution in [0.3, 0.4) is 0 Å². The number of piperazine rings is 1. The molecule has 0 aliphatic carbocycles. The third-order valence-corrected chi connectivity index (χ3v) is 5.62. The van der Waals surface area contributed by atoms with Gasteiger partial charge in [-0.25, -0.2) is 0 Å². The Bertz CT molecular complexity index is 639. The Morgan fingerprint density at radius 2 is 1.90 bits per heavy atom. The van der Waals surface area contributed by atoms with Gasteiger partial charge in [0.1, 0.15) is 11.5 Å². The van der Waals surface area contributed by atoms with Crippen molar-refractivity contribution in [2.75, 3.05) is 60.1 Å². The maximum absolute atomic E-state index is 9.30. The van der Waals surface area contributed by atoms with E-state index < -0.39 is 0 Å². The van der Waals surface area contributed by atoms with Crippen LogP contribution in [0.25, 0.3) is 0 Å². The van der Waals surface area contributed by atoms with E-state index in [1.54, 1.807) is 14.2 Å². The van der Waals surface area contributed by atoms with Gasteiger partial charge in [-0.1, -0.05) is 13.3 Å².